The molecule has 1 rings (SSSR count). The second-order valence-corrected chi connectivity index (χ2v) is 5.06. The third kappa shape index (κ3) is 2.73. The maximum absolute atomic E-state index is 11.6. The van der Waals surface area contributed by atoms with Crippen LogP contribution >= 0.6 is 0 Å². The normalized spacial score (nSPS) is 25.4. The van der Waals surface area contributed by atoms with Gasteiger partial charge in [0.2, 0.25) is 0 Å². The summed E-state index contributed by atoms with van der Waals surface area (Å²) in [7, 11) is -4.49. The highest BCUT2D eigenvalue weighted by Gasteiger charge is 2.39. The van der Waals surface area contributed by atoms with E-state index in [2.05, 4.69) is 0 Å². The average Bonchev–Trinajstić information content (AvgIpc) is 2.49. The lowest BCUT2D eigenvalue weighted by atomic mass is 10.1. The van der Waals surface area contributed by atoms with Gasteiger partial charge in [0.15, 0.2) is 11.0 Å². The third-order valence-electron chi connectivity index (χ3n) is 2.44. The zero-order valence-electron chi connectivity index (χ0n) is 8.04. The third-order valence-corrected chi connectivity index (χ3v) is 3.59. The molecular formula is C7H14N2O5S. The Morgan fingerprint density at radius 1 is 1.60 bits per heavy atom. The second-order valence-electron chi connectivity index (χ2n) is 3.46. The Morgan fingerprint density at radius 2 is 2.20 bits per heavy atom. The van der Waals surface area contributed by atoms with E-state index in [9.17, 15) is 18.4 Å². The van der Waals surface area contributed by atoms with Crippen molar-refractivity contribution in [3.63, 3.8) is 0 Å². The molecule has 2 atom stereocenters. The summed E-state index contributed by atoms with van der Waals surface area (Å²) in [6, 6.07) is -0.875. The van der Waals surface area contributed by atoms with Gasteiger partial charge in [-0.25, -0.2) is 0 Å². The molecule has 0 saturated carbocycles. The van der Waals surface area contributed by atoms with Crippen molar-refractivity contribution in [1.29, 1.82) is 0 Å². The van der Waals surface area contributed by atoms with E-state index >= 15 is 0 Å². The number of hydrogen-bond donors (Lipinski definition) is 3. The van der Waals surface area contributed by atoms with Gasteiger partial charge in [-0.3, -0.25) is 9.35 Å². The standard InChI is InChI=1S/C7H14N2O5S/c8-4-6(15(12,13)14)7(10)5-2-1-3-9(5)11/h5-6,11H,1-4,8H2,(H,12,13,14). The number of ketones is 1. The van der Waals surface area contributed by atoms with Gasteiger partial charge in [-0.15, -0.1) is 0 Å². The molecule has 0 radical (unpaired) electrons. The number of carbonyl (C=O) groups excluding carboxylic acids is 1. The molecule has 0 spiro atoms. The van der Waals surface area contributed by atoms with Crippen molar-refractivity contribution in [3.8, 4) is 0 Å². The zero-order valence-corrected chi connectivity index (χ0v) is 8.85. The molecule has 8 heteroatoms. The van der Waals surface area contributed by atoms with E-state index in [0.29, 0.717) is 19.4 Å². The van der Waals surface area contributed by atoms with Crippen LogP contribution in [0.5, 0.6) is 0 Å². The Kier molecular flexibility index (Phi) is 3.79. The van der Waals surface area contributed by atoms with Gasteiger partial charge in [-0.2, -0.15) is 13.5 Å². The molecule has 1 aliphatic heterocycles. The number of nitrogens with zero attached hydrogens (tertiary/aromatic N) is 1. The van der Waals surface area contributed by atoms with E-state index in [1.165, 1.54) is 0 Å². The fourth-order valence-electron chi connectivity index (χ4n) is 1.64. The summed E-state index contributed by atoms with van der Waals surface area (Å²) < 4.78 is 30.4. The van der Waals surface area contributed by atoms with E-state index in [1.807, 2.05) is 0 Å². The van der Waals surface area contributed by atoms with E-state index < -0.39 is 33.7 Å². The first-order chi connectivity index (χ1) is 6.88. The summed E-state index contributed by atoms with van der Waals surface area (Å²) in [5, 5.41) is 8.41. The molecule has 88 valence electrons. The first-order valence-corrected chi connectivity index (χ1v) is 6.04. The van der Waals surface area contributed by atoms with E-state index in [4.69, 9.17) is 10.3 Å². The first-order valence-electron chi connectivity index (χ1n) is 4.53. The summed E-state index contributed by atoms with van der Waals surface area (Å²) in [6.45, 7) is -0.165. The predicted molar refractivity (Wildman–Crippen MR) is 50.9 cm³/mol. The summed E-state index contributed by atoms with van der Waals surface area (Å²) >= 11 is 0. The largest absolute Gasteiger partial charge is 0.329 e. The van der Waals surface area contributed by atoms with Crippen LogP contribution in [0.4, 0.5) is 0 Å². The van der Waals surface area contributed by atoms with Crippen molar-refractivity contribution >= 4 is 15.9 Å². The van der Waals surface area contributed by atoms with Gasteiger partial charge >= 0.3 is 0 Å². The van der Waals surface area contributed by atoms with E-state index in [1.54, 1.807) is 0 Å². The number of hydroxylamine groups is 2. The Bertz CT molecular complexity index is 341. The van der Waals surface area contributed by atoms with Crippen LogP contribution in [0, 0.1) is 0 Å². The minimum Gasteiger partial charge on any atom is -0.329 e. The van der Waals surface area contributed by atoms with Crippen LogP contribution in [0.1, 0.15) is 12.8 Å². The highest BCUT2D eigenvalue weighted by Crippen LogP contribution is 2.18. The smallest absolute Gasteiger partial charge is 0.276 e. The molecule has 0 aromatic heterocycles. The fourth-order valence-corrected chi connectivity index (χ4v) is 2.33. The Balaban J connectivity index is 2.82. The monoisotopic (exact) mass is 238 g/mol. The summed E-state index contributed by atoms with van der Waals surface area (Å²) in [5.41, 5.74) is 5.11. The molecule has 0 aromatic carbocycles. The van der Waals surface area contributed by atoms with E-state index in [-0.39, 0.29) is 0 Å². The molecule has 4 N–H and O–H groups in total. The molecule has 0 amide bonds. The average molecular weight is 238 g/mol. The van der Waals surface area contributed by atoms with Gasteiger partial charge in [0.05, 0.1) is 6.04 Å². The maximum Gasteiger partial charge on any atom is 0.276 e. The van der Waals surface area contributed by atoms with Crippen molar-refractivity contribution in [1.82, 2.24) is 5.06 Å². The molecule has 7 nitrogen and oxygen atoms in total. The van der Waals surface area contributed by atoms with E-state index in [0.717, 1.165) is 5.06 Å². The van der Waals surface area contributed by atoms with Gasteiger partial charge in [0, 0.05) is 13.1 Å². The van der Waals surface area contributed by atoms with Crippen molar-refractivity contribution < 1.29 is 23.0 Å². The molecular weight excluding hydrogens is 224 g/mol. The van der Waals surface area contributed by atoms with Crippen LogP contribution < -0.4 is 5.73 Å². The van der Waals surface area contributed by atoms with Crippen LogP contribution in [-0.4, -0.2) is 53.4 Å². The number of Topliss-reactive ketones (excluding diaryl/α,β-unsaturated/α-hetero) is 1. The highest BCUT2D eigenvalue weighted by molar-refractivity contribution is 7.87. The van der Waals surface area contributed by atoms with Gasteiger partial charge in [-0.1, -0.05) is 0 Å². The predicted octanol–water partition coefficient (Wildman–Crippen LogP) is -1.38. The minimum absolute atomic E-state index is 0.319. The number of carbonyl (C=O) groups is 1. The number of hydrogen-bond acceptors (Lipinski definition) is 6. The SMILES string of the molecule is NCC(C(=O)C1CCCN1O)S(=O)(=O)O. The van der Waals surface area contributed by atoms with Gasteiger partial charge < -0.3 is 10.9 Å². The quantitative estimate of drug-likeness (QED) is 0.516. The molecule has 1 fully saturated rings. The van der Waals surface area contributed by atoms with Crippen molar-refractivity contribution in [2.24, 2.45) is 5.73 Å². The van der Waals surface area contributed by atoms with Crippen LogP contribution in [0.25, 0.3) is 0 Å². The Labute approximate surface area is 87.6 Å². The van der Waals surface area contributed by atoms with Crippen LogP contribution in [0.3, 0.4) is 0 Å². The minimum atomic E-state index is -4.49. The maximum atomic E-state index is 11.6. The first kappa shape index (κ1) is 12.5. The molecule has 1 heterocycles. The second kappa shape index (κ2) is 4.54. The lowest BCUT2D eigenvalue weighted by Crippen LogP contribution is -2.46. The van der Waals surface area contributed by atoms with Crippen molar-refractivity contribution in [2.45, 2.75) is 24.1 Å². The van der Waals surface area contributed by atoms with Crippen LogP contribution in [0.15, 0.2) is 0 Å². The summed E-state index contributed by atoms with van der Waals surface area (Å²) in [6.07, 6.45) is 0.983. The Hall–Kier alpha value is -0.540. The number of rotatable bonds is 4. The van der Waals surface area contributed by atoms with Gasteiger partial charge in [0.25, 0.3) is 10.1 Å². The molecule has 0 bridgehead atoms. The molecule has 0 aromatic rings. The molecule has 1 saturated heterocycles. The lowest BCUT2D eigenvalue weighted by Gasteiger charge is -2.19. The Morgan fingerprint density at radius 3 is 2.53 bits per heavy atom. The van der Waals surface area contributed by atoms with Gasteiger partial charge in [0.1, 0.15) is 0 Å². The van der Waals surface area contributed by atoms with Gasteiger partial charge in [-0.05, 0) is 12.8 Å². The molecule has 2 unspecified atom stereocenters. The van der Waals surface area contributed by atoms with Crippen LogP contribution in [0.2, 0.25) is 0 Å². The van der Waals surface area contributed by atoms with Crippen LogP contribution in [-0.2, 0) is 14.9 Å². The summed E-state index contributed by atoms with van der Waals surface area (Å²) in [5.74, 6) is -0.750. The number of nitrogens with two attached hydrogens (primary N) is 1. The summed E-state index contributed by atoms with van der Waals surface area (Å²) in [4.78, 5) is 11.6. The van der Waals surface area contributed by atoms with Crippen molar-refractivity contribution in [3.05, 3.63) is 0 Å². The molecule has 0 aliphatic carbocycles. The fraction of sp³-hybridized carbons (Fsp3) is 0.857. The topological polar surface area (TPSA) is 121 Å². The lowest BCUT2D eigenvalue weighted by molar-refractivity contribution is -0.143. The molecule has 15 heavy (non-hydrogen) atoms. The van der Waals surface area contributed by atoms with Crippen molar-refractivity contribution in [2.75, 3.05) is 13.1 Å². The zero-order chi connectivity index (χ0) is 11.6. The molecule has 1 aliphatic rings. The highest BCUT2D eigenvalue weighted by atomic mass is 32.2.